The lowest BCUT2D eigenvalue weighted by atomic mass is 10.0. The second-order valence-corrected chi connectivity index (χ2v) is 6.52. The minimum Gasteiger partial charge on any atom is -0.496 e. The molecule has 0 radical (unpaired) electrons. The van der Waals surface area contributed by atoms with Crippen LogP contribution < -0.4 is 10.1 Å². The van der Waals surface area contributed by atoms with E-state index in [1.165, 1.54) is 18.4 Å². The molecule has 3 rings (SSSR count). The molecule has 3 nitrogen and oxygen atoms in total. The van der Waals surface area contributed by atoms with Gasteiger partial charge in [0.2, 0.25) is 0 Å². The molecule has 1 saturated carbocycles. The molecule has 1 aliphatic heterocycles. The van der Waals surface area contributed by atoms with Gasteiger partial charge < -0.3 is 10.1 Å². The Labute approximate surface area is 126 Å². The highest BCUT2D eigenvalue weighted by atomic mass is 35.5. The normalized spacial score (nSPS) is 27.6. The zero-order valence-electron chi connectivity index (χ0n) is 12.2. The number of halogens is 1. The molecule has 2 unspecified atom stereocenters. The molecule has 1 aliphatic carbocycles. The molecule has 0 amide bonds. The second kappa shape index (κ2) is 5.92. The van der Waals surface area contributed by atoms with Gasteiger partial charge in [-0.15, -0.1) is 0 Å². The molecule has 0 spiro atoms. The number of methoxy groups -OCH3 is 1. The van der Waals surface area contributed by atoms with Crippen molar-refractivity contribution in [2.75, 3.05) is 20.2 Å². The average Bonchev–Trinajstić information content (AvgIpc) is 3.26. The minimum absolute atomic E-state index is 0.550. The van der Waals surface area contributed by atoms with Crippen LogP contribution in [-0.2, 0) is 6.54 Å². The monoisotopic (exact) mass is 294 g/mol. The van der Waals surface area contributed by atoms with Gasteiger partial charge in [-0.25, -0.2) is 0 Å². The van der Waals surface area contributed by atoms with Crippen molar-refractivity contribution >= 4 is 11.6 Å². The number of benzene rings is 1. The smallest absolute Gasteiger partial charge is 0.123 e. The van der Waals surface area contributed by atoms with E-state index in [2.05, 4.69) is 17.1 Å². The third kappa shape index (κ3) is 3.11. The summed E-state index contributed by atoms with van der Waals surface area (Å²) in [6.07, 6.45) is 2.78. The SMILES string of the molecule is COc1ccc(Cl)cc1CN1CC(C2CC2)NCC1C. The first-order chi connectivity index (χ1) is 9.67. The first-order valence-corrected chi connectivity index (χ1v) is 7.85. The van der Waals surface area contributed by atoms with Gasteiger partial charge in [-0.05, 0) is 43.9 Å². The number of ether oxygens (including phenoxy) is 1. The maximum Gasteiger partial charge on any atom is 0.123 e. The summed E-state index contributed by atoms with van der Waals surface area (Å²) < 4.78 is 5.46. The molecule has 1 saturated heterocycles. The Morgan fingerprint density at radius 1 is 1.40 bits per heavy atom. The van der Waals surface area contributed by atoms with E-state index in [-0.39, 0.29) is 0 Å². The summed E-state index contributed by atoms with van der Waals surface area (Å²) in [5, 5.41) is 4.47. The quantitative estimate of drug-likeness (QED) is 0.924. The van der Waals surface area contributed by atoms with Crippen LogP contribution >= 0.6 is 11.6 Å². The topological polar surface area (TPSA) is 24.5 Å². The molecule has 4 heteroatoms. The van der Waals surface area contributed by atoms with Crippen LogP contribution in [0.1, 0.15) is 25.3 Å². The van der Waals surface area contributed by atoms with Crippen LogP contribution in [0.2, 0.25) is 5.02 Å². The summed E-state index contributed by atoms with van der Waals surface area (Å²) in [6, 6.07) is 7.09. The number of hydrogen-bond acceptors (Lipinski definition) is 3. The van der Waals surface area contributed by atoms with Crippen molar-refractivity contribution in [1.29, 1.82) is 0 Å². The summed E-state index contributed by atoms with van der Waals surface area (Å²) >= 11 is 6.13. The number of nitrogens with one attached hydrogen (secondary N) is 1. The Morgan fingerprint density at radius 2 is 2.20 bits per heavy atom. The molecule has 0 aromatic heterocycles. The number of rotatable bonds is 4. The first kappa shape index (κ1) is 14.2. The van der Waals surface area contributed by atoms with Gasteiger partial charge in [-0.3, -0.25) is 4.90 Å². The highest BCUT2D eigenvalue weighted by Crippen LogP contribution is 2.35. The van der Waals surface area contributed by atoms with Crippen LogP contribution in [-0.4, -0.2) is 37.2 Å². The largest absolute Gasteiger partial charge is 0.496 e. The number of hydrogen-bond donors (Lipinski definition) is 1. The predicted molar refractivity (Wildman–Crippen MR) is 82.4 cm³/mol. The van der Waals surface area contributed by atoms with Crippen molar-refractivity contribution in [3.05, 3.63) is 28.8 Å². The van der Waals surface area contributed by atoms with Crippen molar-refractivity contribution in [3.63, 3.8) is 0 Å². The molecule has 1 aromatic carbocycles. The molecule has 0 bridgehead atoms. The molecule has 1 heterocycles. The van der Waals surface area contributed by atoms with Crippen LogP contribution in [0.25, 0.3) is 0 Å². The van der Waals surface area contributed by atoms with Crippen LogP contribution in [0.15, 0.2) is 18.2 Å². The van der Waals surface area contributed by atoms with Crippen molar-refractivity contribution in [2.45, 2.75) is 38.4 Å². The molecular formula is C16H23ClN2O. The van der Waals surface area contributed by atoms with E-state index >= 15 is 0 Å². The van der Waals surface area contributed by atoms with Crippen molar-refractivity contribution < 1.29 is 4.74 Å². The fourth-order valence-electron chi connectivity index (χ4n) is 3.07. The lowest BCUT2D eigenvalue weighted by molar-refractivity contribution is 0.124. The van der Waals surface area contributed by atoms with Crippen LogP contribution in [0.5, 0.6) is 5.75 Å². The lowest BCUT2D eigenvalue weighted by Crippen LogP contribution is -2.55. The van der Waals surface area contributed by atoms with Gasteiger partial charge in [-0.1, -0.05) is 11.6 Å². The van der Waals surface area contributed by atoms with Crippen molar-refractivity contribution in [1.82, 2.24) is 10.2 Å². The van der Waals surface area contributed by atoms with E-state index < -0.39 is 0 Å². The maximum absolute atomic E-state index is 6.13. The van der Waals surface area contributed by atoms with Gasteiger partial charge in [-0.2, -0.15) is 0 Å². The maximum atomic E-state index is 6.13. The zero-order chi connectivity index (χ0) is 14.1. The molecule has 1 N–H and O–H groups in total. The predicted octanol–water partition coefficient (Wildman–Crippen LogP) is 2.92. The average molecular weight is 295 g/mol. The van der Waals surface area contributed by atoms with E-state index in [9.17, 15) is 0 Å². The zero-order valence-corrected chi connectivity index (χ0v) is 13.0. The fourth-order valence-corrected chi connectivity index (χ4v) is 3.27. The first-order valence-electron chi connectivity index (χ1n) is 7.47. The van der Waals surface area contributed by atoms with Gasteiger partial charge in [0.1, 0.15) is 5.75 Å². The standard InChI is InChI=1S/C16H23ClN2O/c1-11-8-18-15(12-3-4-12)10-19(11)9-13-7-14(17)5-6-16(13)20-2/h5-7,11-12,15,18H,3-4,8-10H2,1-2H3. The minimum atomic E-state index is 0.550. The van der Waals surface area contributed by atoms with E-state index in [0.29, 0.717) is 12.1 Å². The van der Waals surface area contributed by atoms with Crippen LogP contribution in [0.3, 0.4) is 0 Å². The summed E-state index contributed by atoms with van der Waals surface area (Å²) in [5.41, 5.74) is 1.18. The van der Waals surface area contributed by atoms with Gasteiger partial charge in [0.05, 0.1) is 7.11 Å². The third-order valence-electron chi connectivity index (χ3n) is 4.54. The van der Waals surface area contributed by atoms with Crippen LogP contribution in [0.4, 0.5) is 0 Å². The van der Waals surface area contributed by atoms with Gasteiger partial charge in [0.25, 0.3) is 0 Å². The highest BCUT2D eigenvalue weighted by molar-refractivity contribution is 6.30. The molecule has 2 aliphatic rings. The summed E-state index contributed by atoms with van der Waals surface area (Å²) in [4.78, 5) is 2.55. The van der Waals surface area contributed by atoms with E-state index in [1.54, 1.807) is 7.11 Å². The van der Waals surface area contributed by atoms with Crippen molar-refractivity contribution in [2.24, 2.45) is 5.92 Å². The molecule has 2 atom stereocenters. The summed E-state index contributed by atoms with van der Waals surface area (Å²) in [5.74, 6) is 1.83. The number of piperazine rings is 1. The molecule has 2 fully saturated rings. The second-order valence-electron chi connectivity index (χ2n) is 6.09. The van der Waals surface area contributed by atoms with Crippen LogP contribution in [0, 0.1) is 5.92 Å². The van der Waals surface area contributed by atoms with E-state index in [4.69, 9.17) is 16.3 Å². The lowest BCUT2D eigenvalue weighted by Gasteiger charge is -2.39. The Balaban J connectivity index is 1.73. The van der Waals surface area contributed by atoms with Gasteiger partial charge in [0, 0.05) is 42.3 Å². The molecular weight excluding hydrogens is 272 g/mol. The highest BCUT2D eigenvalue weighted by Gasteiger charge is 2.36. The van der Waals surface area contributed by atoms with E-state index in [1.807, 2.05) is 18.2 Å². The fraction of sp³-hybridized carbons (Fsp3) is 0.625. The van der Waals surface area contributed by atoms with Gasteiger partial charge in [0.15, 0.2) is 0 Å². The Kier molecular flexibility index (Phi) is 4.20. The molecule has 20 heavy (non-hydrogen) atoms. The number of nitrogens with zero attached hydrogens (tertiary/aromatic N) is 1. The Bertz CT molecular complexity index is 476. The van der Waals surface area contributed by atoms with E-state index in [0.717, 1.165) is 36.3 Å². The van der Waals surface area contributed by atoms with Gasteiger partial charge >= 0.3 is 0 Å². The van der Waals surface area contributed by atoms with Crippen molar-refractivity contribution in [3.8, 4) is 5.75 Å². The Hall–Kier alpha value is -0.770. The summed E-state index contributed by atoms with van der Waals surface area (Å²) in [6.45, 7) is 5.40. The third-order valence-corrected chi connectivity index (χ3v) is 4.77. The Morgan fingerprint density at radius 3 is 2.90 bits per heavy atom. The molecule has 110 valence electrons. The molecule has 1 aromatic rings. The summed E-state index contributed by atoms with van der Waals surface area (Å²) in [7, 11) is 1.72.